The van der Waals surface area contributed by atoms with E-state index in [9.17, 15) is 0 Å². The molecule has 0 aromatic carbocycles. The minimum absolute atomic E-state index is 0.977. The second kappa shape index (κ2) is 2.88. The quantitative estimate of drug-likeness (QED) is 0.539. The maximum atomic E-state index is 2.27. The molecule has 1 fully saturated rings. The van der Waals surface area contributed by atoms with Gasteiger partial charge < -0.3 is 0 Å². The van der Waals surface area contributed by atoms with E-state index >= 15 is 0 Å². The smallest absolute Gasteiger partial charge is 0.0395 e. The summed E-state index contributed by atoms with van der Waals surface area (Å²) in [5.74, 6) is 1.39. The highest BCUT2D eigenvalue weighted by Crippen LogP contribution is 2.30. The average molecular weight is 134 g/mol. The molecule has 1 aliphatic rings. The van der Waals surface area contributed by atoms with Crippen LogP contribution in [0, 0.1) is 0 Å². The molecule has 7 heavy (non-hydrogen) atoms. The largest absolute Gasteiger partial charge is 0.150 e. The van der Waals surface area contributed by atoms with E-state index in [-0.39, 0.29) is 0 Å². The van der Waals surface area contributed by atoms with E-state index in [1.165, 1.54) is 17.3 Å². The van der Waals surface area contributed by atoms with Gasteiger partial charge >= 0.3 is 0 Å². The van der Waals surface area contributed by atoms with Gasteiger partial charge in [-0.25, -0.2) is 0 Å². The van der Waals surface area contributed by atoms with E-state index in [4.69, 9.17) is 0 Å². The van der Waals surface area contributed by atoms with Crippen LogP contribution in [0.1, 0.15) is 13.3 Å². The molecule has 0 aromatic rings. The van der Waals surface area contributed by atoms with Crippen LogP contribution < -0.4 is 0 Å². The molecule has 2 heteroatoms. The van der Waals surface area contributed by atoms with Crippen LogP contribution in [0.2, 0.25) is 0 Å². The summed E-state index contributed by atoms with van der Waals surface area (Å²) in [6.45, 7) is 2.27. The van der Waals surface area contributed by atoms with Gasteiger partial charge in [0.15, 0.2) is 0 Å². The first kappa shape index (κ1) is 5.83. The van der Waals surface area contributed by atoms with Gasteiger partial charge in [0, 0.05) is 16.1 Å². The maximum absolute atomic E-state index is 2.27. The van der Waals surface area contributed by atoms with Crippen molar-refractivity contribution in [1.82, 2.24) is 0 Å². The van der Waals surface area contributed by atoms with Crippen LogP contribution in [0.5, 0.6) is 0 Å². The van der Waals surface area contributed by atoms with Gasteiger partial charge in [0.05, 0.1) is 0 Å². The molecule has 0 spiro atoms. The van der Waals surface area contributed by atoms with Crippen molar-refractivity contribution >= 4 is 23.5 Å². The van der Waals surface area contributed by atoms with Crippen LogP contribution in [0.25, 0.3) is 0 Å². The van der Waals surface area contributed by atoms with Crippen molar-refractivity contribution in [3.05, 3.63) is 0 Å². The highest BCUT2D eigenvalue weighted by molar-refractivity contribution is 8.19. The third-order valence-corrected chi connectivity index (χ3v) is 4.18. The van der Waals surface area contributed by atoms with E-state index in [0.717, 1.165) is 5.25 Å². The topological polar surface area (TPSA) is 0 Å². The number of thioether (sulfide) groups is 2. The molecule has 1 rings (SSSR count). The van der Waals surface area contributed by atoms with Crippen molar-refractivity contribution in [2.24, 2.45) is 0 Å². The van der Waals surface area contributed by atoms with Crippen molar-refractivity contribution in [3.63, 3.8) is 0 Å². The van der Waals surface area contributed by atoms with Crippen LogP contribution in [0.3, 0.4) is 0 Å². The van der Waals surface area contributed by atoms with E-state index < -0.39 is 0 Å². The minimum Gasteiger partial charge on any atom is -0.150 e. The van der Waals surface area contributed by atoms with E-state index in [1.807, 2.05) is 0 Å². The lowest BCUT2D eigenvalue weighted by atomic mass is 10.4. The van der Waals surface area contributed by atoms with Crippen molar-refractivity contribution < 1.29 is 0 Å². The lowest BCUT2D eigenvalue weighted by Crippen LogP contribution is -1.95. The molecule has 42 valence electrons. The molecule has 1 unspecified atom stereocenters. The zero-order valence-corrected chi connectivity index (χ0v) is 6.15. The Morgan fingerprint density at radius 1 is 1.71 bits per heavy atom. The molecular formula is C5H10S2. The van der Waals surface area contributed by atoms with Crippen LogP contribution in [0.15, 0.2) is 0 Å². The standard InChI is InChI=1S/C5H10S2/c1-2-5-3-6-4-7-5/h5H,2-4H2,1H3. The van der Waals surface area contributed by atoms with Gasteiger partial charge in [-0.05, 0) is 6.42 Å². The van der Waals surface area contributed by atoms with Crippen LogP contribution >= 0.6 is 23.5 Å². The molecular weight excluding hydrogens is 124 g/mol. The van der Waals surface area contributed by atoms with Crippen molar-refractivity contribution in [3.8, 4) is 0 Å². The Morgan fingerprint density at radius 3 is 2.86 bits per heavy atom. The summed E-state index contributed by atoms with van der Waals surface area (Å²) in [7, 11) is 0. The van der Waals surface area contributed by atoms with Gasteiger partial charge in [0.2, 0.25) is 0 Å². The zero-order chi connectivity index (χ0) is 5.11. The summed E-state index contributed by atoms with van der Waals surface area (Å²) in [4.78, 5) is 0. The summed E-state index contributed by atoms with van der Waals surface area (Å²) in [5.41, 5.74) is 0. The Kier molecular flexibility index (Phi) is 2.40. The number of hydrogen-bond donors (Lipinski definition) is 0. The van der Waals surface area contributed by atoms with Gasteiger partial charge in [-0.3, -0.25) is 0 Å². The Bertz CT molecular complexity index is 48.0. The molecule has 0 radical (unpaired) electrons. The number of rotatable bonds is 1. The Balaban J connectivity index is 2.14. The molecule has 1 saturated heterocycles. The average Bonchev–Trinajstić information content (AvgIpc) is 2.14. The summed E-state index contributed by atoms with van der Waals surface area (Å²) >= 11 is 4.18. The van der Waals surface area contributed by atoms with Gasteiger partial charge in [-0.15, -0.1) is 23.5 Å². The first-order chi connectivity index (χ1) is 3.43. The highest BCUT2D eigenvalue weighted by Gasteiger charge is 2.12. The van der Waals surface area contributed by atoms with E-state index in [1.54, 1.807) is 0 Å². The molecule has 1 heterocycles. The summed E-state index contributed by atoms with van der Waals surface area (Å²) in [5, 5.41) is 2.31. The third-order valence-electron chi connectivity index (χ3n) is 1.15. The molecule has 0 amide bonds. The zero-order valence-electron chi connectivity index (χ0n) is 4.52. The van der Waals surface area contributed by atoms with E-state index in [0.29, 0.717) is 0 Å². The molecule has 1 atom stereocenters. The molecule has 0 aliphatic carbocycles. The van der Waals surface area contributed by atoms with Gasteiger partial charge in [-0.1, -0.05) is 6.92 Å². The lowest BCUT2D eigenvalue weighted by Gasteiger charge is -1.98. The molecule has 0 aromatic heterocycles. The molecule has 0 saturated carbocycles. The lowest BCUT2D eigenvalue weighted by molar-refractivity contribution is 0.925. The normalized spacial score (nSPS) is 31.3. The fourth-order valence-electron chi connectivity index (χ4n) is 0.608. The van der Waals surface area contributed by atoms with Crippen LogP contribution in [-0.2, 0) is 0 Å². The minimum atomic E-state index is 0.977. The summed E-state index contributed by atoms with van der Waals surface area (Å²) in [6, 6.07) is 0. The third kappa shape index (κ3) is 1.57. The summed E-state index contributed by atoms with van der Waals surface area (Å²) in [6.07, 6.45) is 1.36. The molecule has 0 nitrogen and oxygen atoms in total. The predicted octanol–water partition coefficient (Wildman–Crippen LogP) is 2.20. The van der Waals surface area contributed by atoms with Crippen molar-refractivity contribution in [2.45, 2.75) is 18.6 Å². The van der Waals surface area contributed by atoms with Gasteiger partial charge in [0.25, 0.3) is 0 Å². The summed E-state index contributed by atoms with van der Waals surface area (Å²) < 4.78 is 0. The molecule has 1 aliphatic heterocycles. The molecule has 0 N–H and O–H groups in total. The monoisotopic (exact) mass is 134 g/mol. The Morgan fingerprint density at radius 2 is 2.57 bits per heavy atom. The number of hydrogen-bond acceptors (Lipinski definition) is 2. The molecule has 0 bridgehead atoms. The predicted molar refractivity (Wildman–Crippen MR) is 39.0 cm³/mol. The second-order valence-corrected chi connectivity index (χ2v) is 4.37. The van der Waals surface area contributed by atoms with Crippen molar-refractivity contribution in [2.75, 3.05) is 10.8 Å². The van der Waals surface area contributed by atoms with Gasteiger partial charge in [0.1, 0.15) is 0 Å². The van der Waals surface area contributed by atoms with Crippen LogP contribution in [-0.4, -0.2) is 16.1 Å². The SMILES string of the molecule is CCC1CSCS1. The van der Waals surface area contributed by atoms with Gasteiger partial charge in [-0.2, -0.15) is 0 Å². The fourth-order valence-corrected chi connectivity index (χ4v) is 3.56. The highest BCUT2D eigenvalue weighted by atomic mass is 32.2. The maximum Gasteiger partial charge on any atom is 0.0395 e. The van der Waals surface area contributed by atoms with Crippen molar-refractivity contribution in [1.29, 1.82) is 0 Å². The first-order valence-electron chi connectivity index (χ1n) is 2.63. The van der Waals surface area contributed by atoms with E-state index in [2.05, 4.69) is 30.4 Å². The first-order valence-corrected chi connectivity index (χ1v) is 4.83. The second-order valence-electron chi connectivity index (χ2n) is 1.69. The fraction of sp³-hybridized carbons (Fsp3) is 1.00. The Hall–Kier alpha value is 0.700. The Labute approximate surface area is 53.4 Å². The van der Waals surface area contributed by atoms with Crippen LogP contribution in [0.4, 0.5) is 0 Å².